The fraction of sp³-hybridized carbons (Fsp3) is 0.0400. The van der Waals surface area contributed by atoms with Gasteiger partial charge in [0, 0.05) is 4.47 Å². The fourth-order valence-corrected chi connectivity index (χ4v) is 4.52. The SMILES string of the molecule is O=C1NC(=S)N(c2ccc(Br)cc2)C(=O)/C1=C/c1ccc(OCc2ccc(C(=O)O)cc2)c(I)c1. The summed E-state index contributed by atoms with van der Waals surface area (Å²) in [6.45, 7) is 0.261. The van der Waals surface area contributed by atoms with Crippen molar-refractivity contribution in [2.75, 3.05) is 4.90 Å². The normalized spacial score (nSPS) is 14.7. The number of amides is 2. The van der Waals surface area contributed by atoms with E-state index in [0.29, 0.717) is 17.0 Å². The lowest BCUT2D eigenvalue weighted by Crippen LogP contribution is -2.54. The molecule has 0 aromatic heterocycles. The molecule has 2 N–H and O–H groups in total. The quantitative estimate of drug-likeness (QED) is 0.164. The van der Waals surface area contributed by atoms with Gasteiger partial charge < -0.3 is 9.84 Å². The van der Waals surface area contributed by atoms with Crippen LogP contribution in [0.15, 0.2) is 76.8 Å². The molecule has 0 spiro atoms. The zero-order valence-electron chi connectivity index (χ0n) is 17.8. The minimum absolute atomic E-state index is 0.0224. The number of halogens is 2. The second kappa shape index (κ2) is 10.7. The van der Waals surface area contributed by atoms with Gasteiger partial charge in [-0.25, -0.2) is 4.79 Å². The van der Waals surface area contributed by atoms with Crippen molar-refractivity contribution in [1.29, 1.82) is 0 Å². The van der Waals surface area contributed by atoms with Gasteiger partial charge in [-0.05, 0) is 101 Å². The van der Waals surface area contributed by atoms with Crippen LogP contribution in [0, 0.1) is 3.57 Å². The number of nitrogens with one attached hydrogen (secondary N) is 1. The highest BCUT2D eigenvalue weighted by atomic mass is 127. The van der Waals surface area contributed by atoms with Crippen LogP contribution in [0.5, 0.6) is 5.75 Å². The summed E-state index contributed by atoms with van der Waals surface area (Å²) in [5.41, 5.74) is 2.19. The highest BCUT2D eigenvalue weighted by molar-refractivity contribution is 14.1. The smallest absolute Gasteiger partial charge is 0.335 e. The van der Waals surface area contributed by atoms with Gasteiger partial charge in [-0.1, -0.05) is 34.1 Å². The van der Waals surface area contributed by atoms with Crippen LogP contribution < -0.4 is 15.0 Å². The van der Waals surface area contributed by atoms with Crippen molar-refractivity contribution in [2.24, 2.45) is 0 Å². The van der Waals surface area contributed by atoms with Gasteiger partial charge in [0.05, 0.1) is 14.8 Å². The van der Waals surface area contributed by atoms with Gasteiger partial charge in [0.1, 0.15) is 17.9 Å². The predicted octanol–water partition coefficient (Wildman–Crippen LogP) is 5.16. The summed E-state index contributed by atoms with van der Waals surface area (Å²) in [5, 5.41) is 11.6. The first-order valence-corrected chi connectivity index (χ1v) is 12.4. The van der Waals surface area contributed by atoms with Crippen LogP contribution in [-0.2, 0) is 16.2 Å². The molecular formula is C25H16BrIN2O5S. The molecule has 1 fully saturated rings. The molecule has 3 aromatic rings. The van der Waals surface area contributed by atoms with Crippen LogP contribution in [0.3, 0.4) is 0 Å². The molecule has 0 aliphatic carbocycles. The number of thiocarbonyl (C=S) groups is 1. The van der Waals surface area contributed by atoms with Crippen molar-refractivity contribution in [3.05, 3.63) is 97.0 Å². The number of aromatic carboxylic acids is 1. The average molecular weight is 663 g/mol. The third-order valence-electron chi connectivity index (χ3n) is 5.05. The average Bonchev–Trinajstić information content (AvgIpc) is 2.82. The second-order valence-corrected chi connectivity index (χ2v) is 9.88. The number of anilines is 1. The number of ether oxygens (including phenoxy) is 1. The molecule has 1 saturated heterocycles. The summed E-state index contributed by atoms with van der Waals surface area (Å²) < 4.78 is 7.49. The second-order valence-electron chi connectivity index (χ2n) is 7.41. The Labute approximate surface area is 228 Å². The van der Waals surface area contributed by atoms with Crippen molar-refractivity contribution in [1.82, 2.24) is 5.32 Å². The Morgan fingerprint density at radius 1 is 1.09 bits per heavy atom. The van der Waals surface area contributed by atoms with Crippen molar-refractivity contribution in [3.8, 4) is 5.75 Å². The maximum atomic E-state index is 13.1. The van der Waals surface area contributed by atoms with E-state index in [4.69, 9.17) is 22.1 Å². The molecule has 10 heteroatoms. The zero-order chi connectivity index (χ0) is 25.1. The molecule has 3 aromatic carbocycles. The minimum Gasteiger partial charge on any atom is -0.488 e. The number of hydrogen-bond donors (Lipinski definition) is 2. The third kappa shape index (κ3) is 5.77. The van der Waals surface area contributed by atoms with Crippen LogP contribution in [0.1, 0.15) is 21.5 Å². The van der Waals surface area contributed by atoms with E-state index < -0.39 is 17.8 Å². The molecule has 0 saturated carbocycles. The summed E-state index contributed by atoms with van der Waals surface area (Å²) in [6.07, 6.45) is 1.52. The lowest BCUT2D eigenvalue weighted by molar-refractivity contribution is -0.122. The van der Waals surface area contributed by atoms with Gasteiger partial charge in [0.15, 0.2) is 5.11 Å². The zero-order valence-corrected chi connectivity index (χ0v) is 22.4. The maximum absolute atomic E-state index is 13.1. The number of carboxylic acid groups (broad SMARTS) is 1. The van der Waals surface area contributed by atoms with Crippen LogP contribution in [-0.4, -0.2) is 28.0 Å². The molecule has 176 valence electrons. The molecule has 7 nitrogen and oxygen atoms in total. The van der Waals surface area contributed by atoms with Gasteiger partial charge in [-0.15, -0.1) is 0 Å². The molecule has 35 heavy (non-hydrogen) atoms. The van der Waals surface area contributed by atoms with E-state index in [1.54, 1.807) is 54.6 Å². The van der Waals surface area contributed by atoms with Crippen molar-refractivity contribution >= 4 is 85.4 Å². The van der Waals surface area contributed by atoms with Crippen molar-refractivity contribution in [2.45, 2.75) is 6.61 Å². The Bertz CT molecular complexity index is 1370. The summed E-state index contributed by atoms with van der Waals surface area (Å²) in [6, 6.07) is 18.8. The van der Waals surface area contributed by atoms with E-state index in [-0.39, 0.29) is 22.9 Å². The lowest BCUT2D eigenvalue weighted by Gasteiger charge is -2.29. The van der Waals surface area contributed by atoms with Crippen LogP contribution in [0.2, 0.25) is 0 Å². The van der Waals surface area contributed by atoms with Crippen molar-refractivity contribution < 1.29 is 24.2 Å². The van der Waals surface area contributed by atoms with E-state index in [2.05, 4.69) is 43.8 Å². The van der Waals surface area contributed by atoms with Gasteiger partial charge in [0.2, 0.25) is 0 Å². The number of benzene rings is 3. The first-order chi connectivity index (χ1) is 16.7. The summed E-state index contributed by atoms with van der Waals surface area (Å²) in [4.78, 5) is 38.0. The number of hydrogen-bond acceptors (Lipinski definition) is 5. The number of carbonyl (C=O) groups excluding carboxylic acids is 2. The largest absolute Gasteiger partial charge is 0.488 e. The maximum Gasteiger partial charge on any atom is 0.335 e. The van der Waals surface area contributed by atoms with E-state index in [1.165, 1.54) is 23.1 Å². The Hall–Kier alpha value is -3.09. The Balaban J connectivity index is 1.52. The number of carbonyl (C=O) groups is 3. The third-order valence-corrected chi connectivity index (χ3v) is 6.70. The summed E-state index contributed by atoms with van der Waals surface area (Å²) in [5.74, 6) is -1.44. The molecular weight excluding hydrogens is 647 g/mol. The van der Waals surface area contributed by atoms with Crippen molar-refractivity contribution in [3.63, 3.8) is 0 Å². The van der Waals surface area contributed by atoms with Gasteiger partial charge in [-0.3, -0.25) is 19.8 Å². The molecule has 2 amide bonds. The lowest BCUT2D eigenvalue weighted by atomic mass is 10.1. The molecule has 4 rings (SSSR count). The molecule has 0 atom stereocenters. The fourth-order valence-electron chi connectivity index (χ4n) is 3.28. The first-order valence-electron chi connectivity index (χ1n) is 10.1. The molecule has 1 aliphatic heterocycles. The van der Waals surface area contributed by atoms with E-state index >= 15 is 0 Å². The van der Waals surface area contributed by atoms with E-state index in [1.807, 2.05) is 0 Å². The Morgan fingerprint density at radius 3 is 2.40 bits per heavy atom. The monoisotopic (exact) mass is 662 g/mol. The molecule has 1 heterocycles. The topological polar surface area (TPSA) is 95.9 Å². The van der Waals surface area contributed by atoms with Crippen LogP contribution in [0.4, 0.5) is 5.69 Å². The minimum atomic E-state index is -0.983. The highest BCUT2D eigenvalue weighted by Gasteiger charge is 2.34. The highest BCUT2D eigenvalue weighted by Crippen LogP contribution is 2.27. The number of rotatable bonds is 6. The molecule has 0 unspecified atom stereocenters. The van der Waals surface area contributed by atoms with Gasteiger partial charge >= 0.3 is 5.97 Å². The van der Waals surface area contributed by atoms with E-state index in [9.17, 15) is 14.4 Å². The molecule has 0 bridgehead atoms. The summed E-state index contributed by atoms with van der Waals surface area (Å²) >= 11 is 10.7. The van der Waals surface area contributed by atoms with Gasteiger partial charge in [0.25, 0.3) is 11.8 Å². The standard InChI is InChI=1S/C25H16BrIN2O5S/c26-17-6-8-18(9-7-17)29-23(31)19(22(30)28-25(29)35)11-15-3-10-21(20(27)12-15)34-13-14-1-4-16(5-2-14)24(32)33/h1-12H,13H2,(H,32,33)(H,28,30,35)/b19-11+. The Morgan fingerprint density at radius 2 is 1.77 bits per heavy atom. The summed E-state index contributed by atoms with van der Waals surface area (Å²) in [7, 11) is 0. The number of carboxylic acids is 1. The molecule has 1 aliphatic rings. The van der Waals surface area contributed by atoms with Gasteiger partial charge in [-0.2, -0.15) is 0 Å². The molecule has 0 radical (unpaired) electrons. The Kier molecular flexibility index (Phi) is 7.63. The van der Waals surface area contributed by atoms with Crippen LogP contribution >= 0.6 is 50.7 Å². The van der Waals surface area contributed by atoms with Crippen LogP contribution in [0.25, 0.3) is 6.08 Å². The number of nitrogens with zero attached hydrogens (tertiary/aromatic N) is 1. The predicted molar refractivity (Wildman–Crippen MR) is 147 cm³/mol. The first kappa shape index (κ1) is 25.0. The van der Waals surface area contributed by atoms with E-state index in [0.717, 1.165) is 13.6 Å².